The SMILES string of the molecule is C[C@H](Nc1ncnn2cccc12)c1cc2cccc(Cl)c2nc1N. The van der Waals surface area contributed by atoms with E-state index in [1.54, 1.807) is 4.52 Å². The first-order chi connectivity index (χ1) is 11.6. The summed E-state index contributed by atoms with van der Waals surface area (Å²) in [5, 5.41) is 9.10. The summed E-state index contributed by atoms with van der Waals surface area (Å²) in [5.41, 5.74) is 8.67. The van der Waals surface area contributed by atoms with E-state index in [0.29, 0.717) is 16.4 Å². The van der Waals surface area contributed by atoms with Crippen LogP contribution in [-0.4, -0.2) is 19.6 Å². The molecule has 4 aromatic rings. The normalized spacial score (nSPS) is 12.6. The van der Waals surface area contributed by atoms with Crippen molar-refractivity contribution >= 4 is 39.7 Å². The van der Waals surface area contributed by atoms with Crippen LogP contribution in [-0.2, 0) is 0 Å². The van der Waals surface area contributed by atoms with Crippen LogP contribution in [0.15, 0.2) is 48.9 Å². The number of fused-ring (bicyclic) bond motifs is 2. The molecule has 0 aliphatic rings. The fourth-order valence-corrected chi connectivity index (χ4v) is 3.02. The minimum atomic E-state index is -0.0746. The number of nitrogens with zero attached hydrogens (tertiary/aromatic N) is 4. The summed E-state index contributed by atoms with van der Waals surface area (Å²) in [6.45, 7) is 2.02. The molecule has 0 aliphatic heterocycles. The quantitative estimate of drug-likeness (QED) is 0.595. The van der Waals surface area contributed by atoms with Gasteiger partial charge in [0.2, 0.25) is 0 Å². The van der Waals surface area contributed by atoms with Crippen LogP contribution in [0.25, 0.3) is 16.4 Å². The van der Waals surface area contributed by atoms with Crippen LogP contribution in [0.3, 0.4) is 0 Å². The Kier molecular flexibility index (Phi) is 3.46. The Bertz CT molecular complexity index is 1040. The summed E-state index contributed by atoms with van der Waals surface area (Å²) in [7, 11) is 0. The molecule has 7 heteroatoms. The number of rotatable bonds is 3. The highest BCUT2D eigenvalue weighted by atomic mass is 35.5. The highest BCUT2D eigenvalue weighted by molar-refractivity contribution is 6.35. The molecule has 0 bridgehead atoms. The molecule has 0 saturated carbocycles. The molecule has 0 fully saturated rings. The maximum absolute atomic E-state index is 6.19. The second-order valence-corrected chi connectivity index (χ2v) is 5.99. The molecule has 0 amide bonds. The van der Waals surface area contributed by atoms with Crippen molar-refractivity contribution in [2.75, 3.05) is 11.1 Å². The minimum Gasteiger partial charge on any atom is -0.383 e. The van der Waals surface area contributed by atoms with Gasteiger partial charge in [-0.05, 0) is 31.2 Å². The number of hydrogen-bond acceptors (Lipinski definition) is 5. The van der Waals surface area contributed by atoms with Crippen LogP contribution in [0.2, 0.25) is 5.02 Å². The number of benzene rings is 1. The summed E-state index contributed by atoms with van der Waals surface area (Å²) in [5.74, 6) is 1.20. The first-order valence-electron chi connectivity index (χ1n) is 7.53. The maximum Gasteiger partial charge on any atom is 0.154 e. The second kappa shape index (κ2) is 5.65. The van der Waals surface area contributed by atoms with E-state index in [0.717, 1.165) is 22.3 Å². The molecular formula is C17H15ClN6. The van der Waals surface area contributed by atoms with Crippen LogP contribution in [0.1, 0.15) is 18.5 Å². The van der Waals surface area contributed by atoms with E-state index >= 15 is 0 Å². The number of nitrogens with one attached hydrogen (secondary N) is 1. The van der Waals surface area contributed by atoms with Gasteiger partial charge in [0.1, 0.15) is 17.7 Å². The molecule has 1 atom stereocenters. The fraction of sp³-hybridized carbons (Fsp3) is 0.118. The summed E-state index contributed by atoms with van der Waals surface area (Å²) >= 11 is 6.19. The number of nitrogen functional groups attached to an aromatic ring is 1. The van der Waals surface area contributed by atoms with Crippen LogP contribution < -0.4 is 11.1 Å². The lowest BCUT2D eigenvalue weighted by molar-refractivity contribution is 0.851. The molecule has 6 nitrogen and oxygen atoms in total. The Labute approximate surface area is 143 Å². The van der Waals surface area contributed by atoms with Crippen LogP contribution in [0, 0.1) is 0 Å². The van der Waals surface area contributed by atoms with Gasteiger partial charge in [0.05, 0.1) is 16.6 Å². The highest BCUT2D eigenvalue weighted by Crippen LogP contribution is 2.29. The minimum absolute atomic E-state index is 0.0746. The second-order valence-electron chi connectivity index (χ2n) is 5.59. The monoisotopic (exact) mass is 338 g/mol. The van der Waals surface area contributed by atoms with Gasteiger partial charge >= 0.3 is 0 Å². The maximum atomic E-state index is 6.19. The molecule has 1 aromatic carbocycles. The third kappa shape index (κ3) is 2.41. The van der Waals surface area contributed by atoms with Crippen LogP contribution >= 0.6 is 11.6 Å². The van der Waals surface area contributed by atoms with E-state index in [4.69, 9.17) is 17.3 Å². The number of anilines is 2. The lowest BCUT2D eigenvalue weighted by Crippen LogP contribution is -2.12. The zero-order chi connectivity index (χ0) is 16.7. The third-order valence-corrected chi connectivity index (χ3v) is 4.32. The summed E-state index contributed by atoms with van der Waals surface area (Å²) in [6.07, 6.45) is 3.39. The van der Waals surface area contributed by atoms with Crippen LogP contribution in [0.4, 0.5) is 11.6 Å². The van der Waals surface area contributed by atoms with Crippen molar-refractivity contribution in [1.82, 2.24) is 19.6 Å². The average molecular weight is 339 g/mol. The Morgan fingerprint density at radius 3 is 3.00 bits per heavy atom. The van der Waals surface area contributed by atoms with Crippen molar-refractivity contribution < 1.29 is 0 Å². The molecule has 24 heavy (non-hydrogen) atoms. The van der Waals surface area contributed by atoms with Crippen molar-refractivity contribution in [1.29, 1.82) is 0 Å². The number of nitrogens with two attached hydrogens (primary N) is 1. The van der Waals surface area contributed by atoms with E-state index < -0.39 is 0 Å². The third-order valence-electron chi connectivity index (χ3n) is 4.01. The first-order valence-corrected chi connectivity index (χ1v) is 7.91. The molecule has 3 heterocycles. The van der Waals surface area contributed by atoms with Crippen molar-refractivity contribution in [3.05, 3.63) is 59.5 Å². The molecule has 3 aromatic heterocycles. The van der Waals surface area contributed by atoms with E-state index in [-0.39, 0.29) is 6.04 Å². The highest BCUT2D eigenvalue weighted by Gasteiger charge is 2.14. The predicted molar refractivity (Wildman–Crippen MR) is 96.2 cm³/mol. The average Bonchev–Trinajstić information content (AvgIpc) is 3.05. The van der Waals surface area contributed by atoms with E-state index in [2.05, 4.69) is 20.4 Å². The smallest absolute Gasteiger partial charge is 0.154 e. The lowest BCUT2D eigenvalue weighted by Gasteiger charge is -2.17. The molecule has 0 spiro atoms. The number of pyridine rings is 1. The Morgan fingerprint density at radius 1 is 1.25 bits per heavy atom. The summed E-state index contributed by atoms with van der Waals surface area (Å²) in [6, 6.07) is 11.5. The molecular weight excluding hydrogens is 324 g/mol. The molecule has 0 saturated heterocycles. The van der Waals surface area contributed by atoms with Crippen molar-refractivity contribution in [3.63, 3.8) is 0 Å². The van der Waals surface area contributed by atoms with Crippen molar-refractivity contribution in [3.8, 4) is 0 Å². The topological polar surface area (TPSA) is 81.1 Å². The summed E-state index contributed by atoms with van der Waals surface area (Å²) in [4.78, 5) is 8.78. The largest absolute Gasteiger partial charge is 0.383 e. The van der Waals surface area contributed by atoms with E-state index in [9.17, 15) is 0 Å². The first kappa shape index (κ1) is 14.7. The van der Waals surface area contributed by atoms with Crippen molar-refractivity contribution in [2.45, 2.75) is 13.0 Å². The van der Waals surface area contributed by atoms with Gasteiger partial charge in [0.15, 0.2) is 5.82 Å². The molecule has 0 radical (unpaired) electrons. The van der Waals surface area contributed by atoms with Gasteiger partial charge < -0.3 is 11.1 Å². The van der Waals surface area contributed by atoms with Gasteiger partial charge in [-0.3, -0.25) is 0 Å². The molecule has 0 unspecified atom stereocenters. The van der Waals surface area contributed by atoms with Crippen LogP contribution in [0.5, 0.6) is 0 Å². The number of aromatic nitrogens is 4. The standard InChI is InChI=1S/C17H15ClN6/c1-10(22-17-14-6-3-7-24(14)21-9-20-17)12-8-11-4-2-5-13(18)15(11)23-16(12)19/h2-10H,1H3,(H2,19,23)(H,20,21,22)/t10-/m0/s1. The van der Waals surface area contributed by atoms with Crippen molar-refractivity contribution in [2.24, 2.45) is 0 Å². The van der Waals surface area contributed by atoms with Gasteiger partial charge in [-0.2, -0.15) is 5.10 Å². The van der Waals surface area contributed by atoms with E-state index in [1.165, 1.54) is 6.33 Å². The Hall–Kier alpha value is -2.86. The molecule has 0 aliphatic carbocycles. The van der Waals surface area contributed by atoms with Gasteiger partial charge in [-0.1, -0.05) is 23.7 Å². The number of halogens is 1. The van der Waals surface area contributed by atoms with Gasteiger partial charge in [-0.15, -0.1) is 0 Å². The Morgan fingerprint density at radius 2 is 2.12 bits per heavy atom. The zero-order valence-corrected chi connectivity index (χ0v) is 13.7. The molecule has 120 valence electrons. The van der Waals surface area contributed by atoms with Gasteiger partial charge in [0.25, 0.3) is 0 Å². The molecule has 4 rings (SSSR count). The Balaban J connectivity index is 1.74. The van der Waals surface area contributed by atoms with Gasteiger partial charge in [-0.25, -0.2) is 14.5 Å². The molecule has 3 N–H and O–H groups in total. The zero-order valence-electron chi connectivity index (χ0n) is 12.9. The number of para-hydroxylation sites is 1. The van der Waals surface area contributed by atoms with Gasteiger partial charge in [0, 0.05) is 17.1 Å². The van der Waals surface area contributed by atoms with E-state index in [1.807, 2.05) is 49.5 Å². The summed E-state index contributed by atoms with van der Waals surface area (Å²) < 4.78 is 1.77. The predicted octanol–water partition coefficient (Wildman–Crippen LogP) is 3.69. The fourth-order valence-electron chi connectivity index (χ4n) is 2.80. The number of hydrogen-bond donors (Lipinski definition) is 2. The lowest BCUT2D eigenvalue weighted by atomic mass is 10.1.